The van der Waals surface area contributed by atoms with Crippen molar-refractivity contribution >= 4 is 33.1 Å². The van der Waals surface area contributed by atoms with E-state index in [0.29, 0.717) is 22.7 Å². The highest BCUT2D eigenvalue weighted by Crippen LogP contribution is 2.29. The Hall–Kier alpha value is -1.79. The molecule has 4 heterocycles. The summed E-state index contributed by atoms with van der Waals surface area (Å²) in [5.74, 6) is -0.0860. The Morgan fingerprint density at radius 3 is 2.91 bits per heavy atom. The van der Waals surface area contributed by atoms with Gasteiger partial charge in [-0.05, 0) is 43.7 Å². The Morgan fingerprint density at radius 1 is 1.36 bits per heavy atom. The molecule has 0 spiro atoms. The van der Waals surface area contributed by atoms with Crippen molar-refractivity contribution in [1.29, 1.82) is 0 Å². The molecule has 0 aromatic carbocycles. The minimum absolute atomic E-state index is 0.0419. The van der Waals surface area contributed by atoms with E-state index < -0.39 is 0 Å². The number of thiophene rings is 1. The zero-order valence-electron chi connectivity index (χ0n) is 12.3. The van der Waals surface area contributed by atoms with Crippen molar-refractivity contribution in [3.05, 3.63) is 28.9 Å². The molecule has 2 aliphatic rings. The summed E-state index contributed by atoms with van der Waals surface area (Å²) in [6.07, 6.45) is 5.03. The Bertz CT molecular complexity index is 770. The molecule has 22 heavy (non-hydrogen) atoms. The van der Waals surface area contributed by atoms with E-state index in [1.54, 1.807) is 19.2 Å². The van der Waals surface area contributed by atoms with Crippen molar-refractivity contribution in [3.8, 4) is 0 Å². The molecule has 2 bridgehead atoms. The maximum absolute atomic E-state index is 12.4. The van der Waals surface area contributed by atoms with Crippen LogP contribution in [0.25, 0.3) is 10.1 Å². The predicted octanol–water partition coefficient (Wildman–Crippen LogP) is 2.12. The number of fused-ring (bicyclic) bond motifs is 3. The summed E-state index contributed by atoms with van der Waals surface area (Å²) in [5.41, 5.74) is 0.420. The fraction of sp³-hybridized carbons (Fsp3) is 0.438. The van der Waals surface area contributed by atoms with E-state index in [1.807, 2.05) is 6.07 Å². The second-order valence-corrected chi connectivity index (χ2v) is 7.22. The number of aromatic nitrogens is 1. The van der Waals surface area contributed by atoms with Gasteiger partial charge in [-0.2, -0.15) is 0 Å². The summed E-state index contributed by atoms with van der Waals surface area (Å²) in [5, 5.41) is 7.51. The third kappa shape index (κ3) is 2.32. The molecule has 0 saturated carbocycles. The number of nitrogens with one attached hydrogen (secondary N) is 2. The minimum atomic E-state index is -0.128. The molecule has 0 aliphatic carbocycles. The fourth-order valence-corrected chi connectivity index (χ4v) is 4.38. The zero-order chi connectivity index (χ0) is 15.3. The van der Waals surface area contributed by atoms with Gasteiger partial charge in [0, 0.05) is 24.3 Å². The lowest BCUT2D eigenvalue weighted by Crippen LogP contribution is -2.43. The van der Waals surface area contributed by atoms with Gasteiger partial charge in [-0.1, -0.05) is 0 Å². The van der Waals surface area contributed by atoms with E-state index in [4.69, 9.17) is 0 Å². The molecule has 2 aromatic rings. The van der Waals surface area contributed by atoms with Crippen LogP contribution in [0.5, 0.6) is 0 Å². The fourth-order valence-electron chi connectivity index (χ4n) is 3.47. The topological polar surface area (TPSA) is 71.1 Å². The van der Waals surface area contributed by atoms with Crippen molar-refractivity contribution in [1.82, 2.24) is 15.6 Å². The number of rotatable bonds is 3. The normalized spacial score (nSPS) is 26.5. The van der Waals surface area contributed by atoms with E-state index in [9.17, 15) is 9.59 Å². The predicted molar refractivity (Wildman–Crippen MR) is 85.4 cm³/mol. The summed E-state index contributed by atoms with van der Waals surface area (Å²) in [4.78, 5) is 28.8. The van der Waals surface area contributed by atoms with Gasteiger partial charge in [0.2, 0.25) is 0 Å². The standard InChI is InChI=1S/C16H17N3O2S/c1-8(20)14-5-9-4-13(17-7-15(9)22-14)16(21)19-12-6-10-2-3-11(12)18-10/h4-5,7,10-12,18H,2-3,6H2,1H3,(H,19,21)/t10-,11+,12-/m1/s1. The Labute approximate surface area is 132 Å². The number of amides is 1. The lowest BCUT2D eigenvalue weighted by Gasteiger charge is -2.21. The van der Waals surface area contributed by atoms with Crippen LogP contribution in [0.1, 0.15) is 46.3 Å². The first-order valence-corrected chi connectivity index (χ1v) is 8.39. The van der Waals surface area contributed by atoms with Crippen LogP contribution in [0, 0.1) is 0 Å². The maximum Gasteiger partial charge on any atom is 0.270 e. The molecule has 2 saturated heterocycles. The van der Waals surface area contributed by atoms with E-state index in [1.165, 1.54) is 17.8 Å². The highest BCUT2D eigenvalue weighted by molar-refractivity contribution is 7.20. The average molecular weight is 315 g/mol. The van der Waals surface area contributed by atoms with Crippen molar-refractivity contribution in [2.45, 2.75) is 44.3 Å². The van der Waals surface area contributed by atoms with Crippen LogP contribution in [0.3, 0.4) is 0 Å². The molecule has 0 unspecified atom stereocenters. The van der Waals surface area contributed by atoms with Gasteiger partial charge in [-0.3, -0.25) is 9.59 Å². The van der Waals surface area contributed by atoms with Gasteiger partial charge in [-0.25, -0.2) is 4.98 Å². The number of carbonyl (C=O) groups excluding carboxylic acids is 2. The van der Waals surface area contributed by atoms with Gasteiger partial charge in [0.1, 0.15) is 5.69 Å². The largest absolute Gasteiger partial charge is 0.346 e. The summed E-state index contributed by atoms with van der Waals surface area (Å²) in [6.45, 7) is 1.55. The number of hydrogen-bond donors (Lipinski definition) is 2. The van der Waals surface area contributed by atoms with Crippen LogP contribution in [0.2, 0.25) is 0 Å². The Morgan fingerprint density at radius 2 is 2.23 bits per heavy atom. The number of carbonyl (C=O) groups is 2. The van der Waals surface area contributed by atoms with Crippen LogP contribution in [-0.4, -0.2) is 34.8 Å². The van der Waals surface area contributed by atoms with E-state index in [-0.39, 0.29) is 17.7 Å². The van der Waals surface area contributed by atoms with Crippen molar-refractivity contribution in [3.63, 3.8) is 0 Å². The van der Waals surface area contributed by atoms with Gasteiger partial charge in [0.05, 0.1) is 9.58 Å². The van der Waals surface area contributed by atoms with E-state index in [0.717, 1.165) is 22.9 Å². The summed E-state index contributed by atoms with van der Waals surface area (Å²) >= 11 is 1.41. The van der Waals surface area contributed by atoms with Crippen molar-refractivity contribution < 1.29 is 9.59 Å². The summed E-state index contributed by atoms with van der Waals surface area (Å²) in [7, 11) is 0. The molecule has 0 radical (unpaired) electrons. The maximum atomic E-state index is 12.4. The first kappa shape index (κ1) is 13.8. The van der Waals surface area contributed by atoms with Crippen LogP contribution in [0.15, 0.2) is 18.3 Å². The minimum Gasteiger partial charge on any atom is -0.346 e. The number of hydrogen-bond acceptors (Lipinski definition) is 5. The Kier molecular flexibility index (Phi) is 3.23. The van der Waals surface area contributed by atoms with E-state index in [2.05, 4.69) is 15.6 Å². The van der Waals surface area contributed by atoms with Crippen molar-refractivity contribution in [2.24, 2.45) is 0 Å². The smallest absolute Gasteiger partial charge is 0.270 e. The van der Waals surface area contributed by atoms with Crippen LogP contribution >= 0.6 is 11.3 Å². The van der Waals surface area contributed by atoms with Gasteiger partial charge in [-0.15, -0.1) is 11.3 Å². The lowest BCUT2D eigenvalue weighted by atomic mass is 9.95. The highest BCUT2D eigenvalue weighted by Gasteiger charge is 2.39. The molecular weight excluding hydrogens is 298 g/mol. The molecule has 2 N–H and O–H groups in total. The second kappa shape index (κ2) is 5.14. The highest BCUT2D eigenvalue weighted by atomic mass is 32.1. The summed E-state index contributed by atoms with van der Waals surface area (Å²) in [6, 6.07) is 4.77. The van der Waals surface area contributed by atoms with Gasteiger partial charge < -0.3 is 10.6 Å². The number of Topliss-reactive ketones (excluding diaryl/α,β-unsaturated/α-hetero) is 1. The van der Waals surface area contributed by atoms with Crippen LogP contribution in [-0.2, 0) is 0 Å². The zero-order valence-corrected chi connectivity index (χ0v) is 13.1. The van der Waals surface area contributed by atoms with E-state index >= 15 is 0 Å². The first-order chi connectivity index (χ1) is 10.6. The second-order valence-electron chi connectivity index (χ2n) is 6.14. The number of nitrogens with zero attached hydrogens (tertiary/aromatic N) is 1. The van der Waals surface area contributed by atoms with Gasteiger partial charge in [0.25, 0.3) is 5.91 Å². The van der Waals surface area contributed by atoms with Crippen LogP contribution < -0.4 is 10.6 Å². The third-order valence-electron chi connectivity index (χ3n) is 4.60. The summed E-state index contributed by atoms with van der Waals surface area (Å²) < 4.78 is 0.934. The van der Waals surface area contributed by atoms with Crippen molar-refractivity contribution in [2.75, 3.05) is 0 Å². The molecular formula is C16H17N3O2S. The van der Waals surface area contributed by atoms with Gasteiger partial charge >= 0.3 is 0 Å². The third-order valence-corrected chi connectivity index (χ3v) is 5.79. The Balaban J connectivity index is 1.55. The first-order valence-electron chi connectivity index (χ1n) is 7.57. The molecule has 2 aliphatic heterocycles. The average Bonchev–Trinajstić information content (AvgIpc) is 3.20. The quantitative estimate of drug-likeness (QED) is 0.851. The molecule has 2 fully saturated rings. The molecule has 6 heteroatoms. The molecule has 3 atom stereocenters. The number of pyridine rings is 1. The van der Waals surface area contributed by atoms with Gasteiger partial charge in [0.15, 0.2) is 5.78 Å². The number of ketones is 1. The monoisotopic (exact) mass is 315 g/mol. The molecule has 2 aromatic heterocycles. The molecule has 114 valence electrons. The molecule has 5 nitrogen and oxygen atoms in total. The lowest BCUT2D eigenvalue weighted by molar-refractivity contribution is 0.0925. The SMILES string of the molecule is CC(=O)c1cc2cc(C(=O)N[C@@H]3C[C@H]4CC[C@@H]3N4)ncc2s1. The van der Waals surface area contributed by atoms with Crippen LogP contribution in [0.4, 0.5) is 0 Å². The molecule has 1 amide bonds. The molecule has 4 rings (SSSR count).